The second-order valence-corrected chi connectivity index (χ2v) is 4.86. The Morgan fingerprint density at radius 1 is 1.57 bits per heavy atom. The fourth-order valence-electron chi connectivity index (χ4n) is 2.09. The van der Waals surface area contributed by atoms with Crippen LogP contribution in [0.25, 0.3) is 0 Å². The topological polar surface area (TPSA) is 36.4 Å². The predicted molar refractivity (Wildman–Crippen MR) is 59.0 cm³/mol. The maximum absolute atomic E-state index is 9.14. The highest BCUT2D eigenvalue weighted by Gasteiger charge is 2.18. The first-order chi connectivity index (χ1) is 6.75. The highest BCUT2D eigenvalue weighted by molar-refractivity contribution is 7.13. The first-order valence-corrected chi connectivity index (χ1v) is 5.99. The van der Waals surface area contributed by atoms with E-state index in [1.54, 1.807) is 5.38 Å². The van der Waals surface area contributed by atoms with Gasteiger partial charge >= 0.3 is 0 Å². The summed E-state index contributed by atoms with van der Waals surface area (Å²) in [6, 6.07) is 0. The Kier molecular flexibility index (Phi) is 2.91. The minimum absolute atomic E-state index is 0.142. The molecule has 1 aromatic rings. The molecule has 0 aromatic carbocycles. The highest BCUT2D eigenvalue weighted by atomic mass is 32.1. The molecule has 0 aliphatic heterocycles. The molecule has 1 aromatic heterocycles. The summed E-state index contributed by atoms with van der Waals surface area (Å²) in [5.74, 6) is 0.967. The lowest BCUT2D eigenvalue weighted by atomic mass is 10.1. The molecule has 0 spiro atoms. The summed E-state index contributed by atoms with van der Waals surface area (Å²) in [5.41, 5.74) is 0. The van der Waals surface area contributed by atoms with Gasteiger partial charge < -0.3 is 10.0 Å². The van der Waals surface area contributed by atoms with E-state index in [9.17, 15) is 0 Å². The van der Waals surface area contributed by atoms with E-state index in [0.29, 0.717) is 0 Å². The van der Waals surface area contributed by atoms with E-state index in [1.807, 2.05) is 0 Å². The minimum atomic E-state index is 0.142. The van der Waals surface area contributed by atoms with Crippen molar-refractivity contribution in [3.8, 4) is 5.88 Å². The van der Waals surface area contributed by atoms with Gasteiger partial charge in [-0.25, -0.2) is 0 Å². The lowest BCUT2D eigenvalue weighted by Crippen LogP contribution is -2.23. The van der Waals surface area contributed by atoms with Crippen LogP contribution < -0.4 is 4.90 Å². The predicted octanol–water partition coefficient (Wildman–Crippen LogP) is 2.48. The molecule has 0 radical (unpaired) electrons. The van der Waals surface area contributed by atoms with Crippen LogP contribution in [-0.4, -0.2) is 23.7 Å². The molecule has 4 heteroatoms. The lowest BCUT2D eigenvalue weighted by molar-refractivity contribution is 0.456. The van der Waals surface area contributed by atoms with E-state index in [1.165, 1.54) is 37.0 Å². The lowest BCUT2D eigenvalue weighted by Gasteiger charge is -2.19. The molecule has 1 fully saturated rings. The molecular weight excluding hydrogens is 196 g/mol. The summed E-state index contributed by atoms with van der Waals surface area (Å²) >= 11 is 1.51. The summed E-state index contributed by atoms with van der Waals surface area (Å²) in [6.45, 7) is 1.08. The molecule has 0 unspecified atom stereocenters. The third-order valence-electron chi connectivity index (χ3n) is 2.81. The van der Waals surface area contributed by atoms with Crippen LogP contribution in [0.15, 0.2) is 5.38 Å². The zero-order valence-electron chi connectivity index (χ0n) is 8.44. The van der Waals surface area contributed by atoms with Crippen molar-refractivity contribution in [3.63, 3.8) is 0 Å². The number of nitrogens with zero attached hydrogens (tertiary/aromatic N) is 2. The second-order valence-electron chi connectivity index (χ2n) is 4.02. The molecule has 1 heterocycles. The molecule has 0 amide bonds. The monoisotopic (exact) mass is 212 g/mol. The molecule has 1 N–H and O–H groups in total. The average Bonchev–Trinajstić information content (AvgIpc) is 2.75. The van der Waals surface area contributed by atoms with Crippen molar-refractivity contribution in [1.82, 2.24) is 4.98 Å². The second kappa shape index (κ2) is 4.17. The van der Waals surface area contributed by atoms with Crippen molar-refractivity contribution >= 4 is 16.5 Å². The van der Waals surface area contributed by atoms with Gasteiger partial charge in [0.15, 0.2) is 5.13 Å². The molecule has 1 saturated carbocycles. The van der Waals surface area contributed by atoms with Gasteiger partial charge in [0.25, 0.3) is 0 Å². The average molecular weight is 212 g/mol. The van der Waals surface area contributed by atoms with Crippen molar-refractivity contribution < 1.29 is 5.11 Å². The SMILES string of the molecule is CN(CC1CCCC1)c1nc(O)cs1. The van der Waals surface area contributed by atoms with Crippen LogP contribution in [0.3, 0.4) is 0 Å². The van der Waals surface area contributed by atoms with Gasteiger partial charge in [-0.15, -0.1) is 11.3 Å². The van der Waals surface area contributed by atoms with Gasteiger partial charge in [0.05, 0.1) is 5.38 Å². The quantitative estimate of drug-likeness (QED) is 0.836. The number of aromatic hydroxyl groups is 1. The summed E-state index contributed by atoms with van der Waals surface area (Å²) < 4.78 is 0. The summed E-state index contributed by atoms with van der Waals surface area (Å²) in [7, 11) is 2.05. The molecule has 0 atom stereocenters. The van der Waals surface area contributed by atoms with Gasteiger partial charge in [0.1, 0.15) is 0 Å². The highest BCUT2D eigenvalue weighted by Crippen LogP contribution is 2.28. The number of anilines is 1. The summed E-state index contributed by atoms with van der Waals surface area (Å²) in [4.78, 5) is 6.21. The Bertz CT molecular complexity index is 294. The third-order valence-corrected chi connectivity index (χ3v) is 3.76. The molecule has 0 bridgehead atoms. The molecule has 2 rings (SSSR count). The minimum Gasteiger partial charge on any atom is -0.493 e. The van der Waals surface area contributed by atoms with Gasteiger partial charge in [0.2, 0.25) is 5.88 Å². The first-order valence-electron chi connectivity index (χ1n) is 5.11. The number of hydrogen-bond acceptors (Lipinski definition) is 4. The Hall–Kier alpha value is -0.770. The van der Waals surface area contributed by atoms with Crippen LogP contribution >= 0.6 is 11.3 Å². The number of hydrogen-bond donors (Lipinski definition) is 1. The Labute approximate surface area is 88.4 Å². The molecule has 78 valence electrons. The van der Waals surface area contributed by atoms with Crippen molar-refractivity contribution in [1.29, 1.82) is 0 Å². The van der Waals surface area contributed by atoms with Crippen LogP contribution in [0.1, 0.15) is 25.7 Å². The normalized spacial score (nSPS) is 17.5. The molecule has 0 saturated heterocycles. The molecule has 1 aliphatic carbocycles. The zero-order chi connectivity index (χ0) is 9.97. The molecule has 1 aliphatic rings. The Balaban J connectivity index is 1.91. The fraction of sp³-hybridized carbons (Fsp3) is 0.700. The van der Waals surface area contributed by atoms with Gasteiger partial charge in [0, 0.05) is 13.6 Å². The van der Waals surface area contributed by atoms with Crippen LogP contribution in [0.2, 0.25) is 0 Å². The number of thiazole rings is 1. The van der Waals surface area contributed by atoms with Gasteiger partial charge in [-0.3, -0.25) is 0 Å². The maximum Gasteiger partial charge on any atom is 0.223 e. The smallest absolute Gasteiger partial charge is 0.223 e. The largest absolute Gasteiger partial charge is 0.493 e. The molecular formula is C10H16N2OS. The van der Waals surface area contributed by atoms with Crippen molar-refractivity contribution in [3.05, 3.63) is 5.38 Å². The van der Waals surface area contributed by atoms with Crippen LogP contribution in [0.5, 0.6) is 5.88 Å². The zero-order valence-corrected chi connectivity index (χ0v) is 9.26. The standard InChI is InChI=1S/C10H16N2OS/c1-12(6-8-4-2-3-5-8)10-11-9(13)7-14-10/h7-8,13H,2-6H2,1H3. The maximum atomic E-state index is 9.14. The van der Waals surface area contributed by atoms with Crippen molar-refractivity contribution in [2.75, 3.05) is 18.5 Å². The van der Waals surface area contributed by atoms with E-state index < -0.39 is 0 Å². The van der Waals surface area contributed by atoms with Gasteiger partial charge in [-0.1, -0.05) is 12.8 Å². The Morgan fingerprint density at radius 2 is 2.29 bits per heavy atom. The summed E-state index contributed by atoms with van der Waals surface area (Å²) in [6.07, 6.45) is 5.45. The van der Waals surface area contributed by atoms with Crippen LogP contribution in [-0.2, 0) is 0 Å². The van der Waals surface area contributed by atoms with E-state index in [2.05, 4.69) is 16.9 Å². The first kappa shape index (κ1) is 9.77. The van der Waals surface area contributed by atoms with E-state index in [-0.39, 0.29) is 5.88 Å². The van der Waals surface area contributed by atoms with Crippen LogP contribution in [0, 0.1) is 5.92 Å². The molecule has 3 nitrogen and oxygen atoms in total. The van der Waals surface area contributed by atoms with Gasteiger partial charge in [-0.2, -0.15) is 4.98 Å². The van der Waals surface area contributed by atoms with Crippen LogP contribution in [0.4, 0.5) is 5.13 Å². The van der Waals surface area contributed by atoms with Gasteiger partial charge in [-0.05, 0) is 18.8 Å². The number of rotatable bonds is 3. The fourth-order valence-corrected chi connectivity index (χ4v) is 2.75. The van der Waals surface area contributed by atoms with E-state index >= 15 is 0 Å². The Morgan fingerprint density at radius 3 is 2.86 bits per heavy atom. The number of aromatic nitrogens is 1. The van der Waals surface area contributed by atoms with Crippen molar-refractivity contribution in [2.45, 2.75) is 25.7 Å². The molecule has 14 heavy (non-hydrogen) atoms. The van der Waals surface area contributed by atoms with Crippen molar-refractivity contribution in [2.24, 2.45) is 5.92 Å². The third kappa shape index (κ3) is 2.18. The van der Waals surface area contributed by atoms with E-state index in [4.69, 9.17) is 5.11 Å². The summed E-state index contributed by atoms with van der Waals surface area (Å²) in [5, 5.41) is 11.7. The van der Waals surface area contributed by atoms with E-state index in [0.717, 1.165) is 17.6 Å².